The predicted octanol–water partition coefficient (Wildman–Crippen LogP) is 1.46. The third kappa shape index (κ3) is 2.98. The van der Waals surface area contributed by atoms with Crippen molar-refractivity contribution < 1.29 is 9.59 Å². The fraction of sp³-hybridized carbons (Fsp3) is 0.556. The first kappa shape index (κ1) is 16.0. The number of aryl methyl sites for hydroxylation is 1. The van der Waals surface area contributed by atoms with Crippen molar-refractivity contribution in [3.8, 4) is 0 Å². The lowest BCUT2D eigenvalue weighted by Gasteiger charge is -2.22. The van der Waals surface area contributed by atoms with E-state index in [9.17, 15) is 9.59 Å². The first-order valence-corrected chi connectivity index (χ1v) is 8.36. The minimum Gasteiger partial charge on any atom is -0.342 e. The Kier molecular flexibility index (Phi) is 4.39. The van der Waals surface area contributed by atoms with Crippen LogP contribution in [0, 0.1) is 25.7 Å². The van der Waals surface area contributed by atoms with E-state index >= 15 is 0 Å². The molecule has 2 atom stereocenters. The standard InChI is InChI=1S/C18H25N3O2/c1-12-4-3-5-16(13(12)2)21-11-15(8-17(21)22)18(23)20-7-6-14(9-19)10-20/h3-5,14-15H,6-11,19H2,1-2H3. The Balaban J connectivity index is 1.72. The third-order valence-corrected chi connectivity index (χ3v) is 5.27. The molecule has 2 N–H and O–H groups in total. The summed E-state index contributed by atoms with van der Waals surface area (Å²) in [6.45, 7) is 6.70. The molecule has 2 fully saturated rings. The fourth-order valence-electron chi connectivity index (χ4n) is 3.62. The molecule has 23 heavy (non-hydrogen) atoms. The Morgan fingerprint density at radius 3 is 2.78 bits per heavy atom. The van der Waals surface area contributed by atoms with Gasteiger partial charge in [0.2, 0.25) is 11.8 Å². The summed E-state index contributed by atoms with van der Waals surface area (Å²) in [6.07, 6.45) is 1.29. The van der Waals surface area contributed by atoms with Crippen LogP contribution in [0.3, 0.4) is 0 Å². The molecule has 5 heteroatoms. The van der Waals surface area contributed by atoms with E-state index in [1.54, 1.807) is 4.90 Å². The maximum absolute atomic E-state index is 12.7. The topological polar surface area (TPSA) is 66.6 Å². The number of nitrogens with zero attached hydrogens (tertiary/aromatic N) is 2. The minimum absolute atomic E-state index is 0.0478. The zero-order valence-electron chi connectivity index (χ0n) is 13.9. The first-order chi connectivity index (χ1) is 11.0. The Labute approximate surface area is 137 Å². The fourth-order valence-corrected chi connectivity index (χ4v) is 3.62. The summed E-state index contributed by atoms with van der Waals surface area (Å²) >= 11 is 0. The van der Waals surface area contributed by atoms with Crippen molar-refractivity contribution in [3.63, 3.8) is 0 Å². The number of hydrogen-bond acceptors (Lipinski definition) is 3. The Morgan fingerprint density at radius 1 is 1.30 bits per heavy atom. The maximum atomic E-state index is 12.7. The molecule has 0 radical (unpaired) electrons. The summed E-state index contributed by atoms with van der Waals surface area (Å²) in [4.78, 5) is 28.8. The molecule has 0 bridgehead atoms. The van der Waals surface area contributed by atoms with E-state index in [0.717, 1.165) is 36.3 Å². The molecule has 2 unspecified atom stereocenters. The summed E-state index contributed by atoms with van der Waals surface area (Å²) in [5.41, 5.74) is 8.91. The number of carbonyl (C=O) groups is 2. The van der Waals surface area contributed by atoms with Gasteiger partial charge in [-0.1, -0.05) is 12.1 Å². The third-order valence-electron chi connectivity index (χ3n) is 5.27. The molecule has 2 saturated heterocycles. The molecule has 0 saturated carbocycles. The van der Waals surface area contributed by atoms with Crippen LogP contribution in [-0.4, -0.2) is 42.9 Å². The second kappa shape index (κ2) is 6.32. The quantitative estimate of drug-likeness (QED) is 0.918. The van der Waals surface area contributed by atoms with E-state index in [2.05, 4.69) is 0 Å². The van der Waals surface area contributed by atoms with Crippen molar-refractivity contribution in [3.05, 3.63) is 29.3 Å². The van der Waals surface area contributed by atoms with Gasteiger partial charge in [-0.3, -0.25) is 9.59 Å². The summed E-state index contributed by atoms with van der Waals surface area (Å²) in [5, 5.41) is 0. The molecule has 0 spiro atoms. The van der Waals surface area contributed by atoms with Gasteiger partial charge in [0.25, 0.3) is 0 Å². The first-order valence-electron chi connectivity index (χ1n) is 8.36. The van der Waals surface area contributed by atoms with Gasteiger partial charge in [-0.25, -0.2) is 0 Å². The van der Waals surface area contributed by atoms with Gasteiger partial charge < -0.3 is 15.5 Å². The summed E-state index contributed by atoms with van der Waals surface area (Å²) in [7, 11) is 0. The smallest absolute Gasteiger partial charge is 0.228 e. The van der Waals surface area contributed by atoms with E-state index in [0.29, 0.717) is 25.4 Å². The number of benzene rings is 1. The number of hydrogen-bond donors (Lipinski definition) is 1. The number of likely N-dealkylation sites (tertiary alicyclic amines) is 1. The Morgan fingerprint density at radius 2 is 2.09 bits per heavy atom. The molecule has 2 aliphatic heterocycles. The number of rotatable bonds is 3. The molecular weight excluding hydrogens is 290 g/mol. The molecule has 2 amide bonds. The van der Waals surface area contributed by atoms with Crippen LogP contribution in [0.5, 0.6) is 0 Å². The van der Waals surface area contributed by atoms with Crippen LogP contribution in [0.15, 0.2) is 18.2 Å². The molecule has 2 aliphatic rings. The lowest BCUT2D eigenvalue weighted by atomic mass is 10.1. The highest BCUT2D eigenvalue weighted by Gasteiger charge is 2.39. The van der Waals surface area contributed by atoms with Crippen LogP contribution in [0.4, 0.5) is 5.69 Å². The van der Waals surface area contributed by atoms with Gasteiger partial charge in [0.15, 0.2) is 0 Å². The normalized spacial score (nSPS) is 24.6. The maximum Gasteiger partial charge on any atom is 0.228 e. The van der Waals surface area contributed by atoms with Crippen LogP contribution < -0.4 is 10.6 Å². The number of nitrogens with two attached hydrogens (primary N) is 1. The summed E-state index contributed by atoms with van der Waals surface area (Å²) in [6, 6.07) is 5.97. The molecule has 1 aromatic carbocycles. The summed E-state index contributed by atoms with van der Waals surface area (Å²) < 4.78 is 0. The lowest BCUT2D eigenvalue weighted by molar-refractivity contribution is -0.134. The van der Waals surface area contributed by atoms with Gasteiger partial charge in [-0.15, -0.1) is 0 Å². The van der Waals surface area contributed by atoms with Gasteiger partial charge >= 0.3 is 0 Å². The molecular formula is C18H25N3O2. The van der Waals surface area contributed by atoms with Gasteiger partial charge in [0.1, 0.15) is 0 Å². The van der Waals surface area contributed by atoms with Crippen molar-refractivity contribution >= 4 is 17.5 Å². The van der Waals surface area contributed by atoms with E-state index in [4.69, 9.17) is 5.73 Å². The van der Waals surface area contributed by atoms with Crippen molar-refractivity contribution in [2.75, 3.05) is 31.1 Å². The number of amides is 2. The van der Waals surface area contributed by atoms with E-state index in [1.165, 1.54) is 0 Å². The van der Waals surface area contributed by atoms with Crippen molar-refractivity contribution in [1.29, 1.82) is 0 Å². The number of carbonyl (C=O) groups excluding carboxylic acids is 2. The Bertz CT molecular complexity index is 629. The van der Waals surface area contributed by atoms with E-state index in [-0.39, 0.29) is 17.7 Å². The zero-order chi connectivity index (χ0) is 16.6. The molecule has 124 valence electrons. The van der Waals surface area contributed by atoms with Gasteiger partial charge in [0.05, 0.1) is 5.92 Å². The van der Waals surface area contributed by atoms with Gasteiger partial charge in [0, 0.05) is 31.7 Å². The van der Waals surface area contributed by atoms with E-state index < -0.39 is 0 Å². The molecule has 1 aromatic rings. The van der Waals surface area contributed by atoms with Gasteiger partial charge in [-0.2, -0.15) is 0 Å². The van der Waals surface area contributed by atoms with E-state index in [1.807, 2.05) is 36.9 Å². The molecule has 0 aliphatic carbocycles. The second-order valence-corrected chi connectivity index (χ2v) is 6.80. The minimum atomic E-state index is -0.223. The predicted molar refractivity (Wildman–Crippen MR) is 90.1 cm³/mol. The van der Waals surface area contributed by atoms with Crippen LogP contribution >= 0.6 is 0 Å². The van der Waals surface area contributed by atoms with Gasteiger partial charge in [-0.05, 0) is 49.9 Å². The highest BCUT2D eigenvalue weighted by atomic mass is 16.2. The van der Waals surface area contributed by atoms with Crippen molar-refractivity contribution in [2.45, 2.75) is 26.7 Å². The Hall–Kier alpha value is -1.88. The van der Waals surface area contributed by atoms with Crippen LogP contribution in [-0.2, 0) is 9.59 Å². The molecule has 0 aromatic heterocycles. The largest absolute Gasteiger partial charge is 0.342 e. The number of anilines is 1. The monoisotopic (exact) mass is 315 g/mol. The average molecular weight is 315 g/mol. The summed E-state index contributed by atoms with van der Waals surface area (Å²) in [5.74, 6) is 0.346. The molecule has 3 rings (SSSR count). The SMILES string of the molecule is Cc1cccc(N2CC(C(=O)N3CCC(CN)C3)CC2=O)c1C. The van der Waals surface area contributed by atoms with Crippen molar-refractivity contribution in [1.82, 2.24) is 4.90 Å². The van der Waals surface area contributed by atoms with Crippen LogP contribution in [0.1, 0.15) is 24.0 Å². The average Bonchev–Trinajstić information content (AvgIpc) is 3.16. The molecule has 2 heterocycles. The van der Waals surface area contributed by atoms with Crippen LogP contribution in [0.25, 0.3) is 0 Å². The zero-order valence-corrected chi connectivity index (χ0v) is 13.9. The van der Waals surface area contributed by atoms with Crippen LogP contribution in [0.2, 0.25) is 0 Å². The highest BCUT2D eigenvalue weighted by Crippen LogP contribution is 2.31. The second-order valence-electron chi connectivity index (χ2n) is 6.80. The molecule has 5 nitrogen and oxygen atoms in total. The highest BCUT2D eigenvalue weighted by molar-refractivity contribution is 6.01. The lowest BCUT2D eigenvalue weighted by Crippen LogP contribution is -2.36. The van der Waals surface area contributed by atoms with Crippen molar-refractivity contribution in [2.24, 2.45) is 17.6 Å².